The summed E-state index contributed by atoms with van der Waals surface area (Å²) in [6.45, 7) is 6.36. The molecule has 0 fully saturated rings. The SMILES string of the molecule is CCC(=O)N1c2ccccc2[C@H](Nc2ccccc2)[C@@H](C)[C@H]1CC. The van der Waals surface area contributed by atoms with Crippen molar-refractivity contribution in [3.63, 3.8) is 0 Å². The van der Waals surface area contributed by atoms with E-state index in [-0.39, 0.29) is 18.0 Å². The molecule has 2 aromatic rings. The van der Waals surface area contributed by atoms with Crippen molar-refractivity contribution >= 4 is 17.3 Å². The molecule has 24 heavy (non-hydrogen) atoms. The summed E-state index contributed by atoms with van der Waals surface area (Å²) in [7, 11) is 0. The Bertz CT molecular complexity index is 698. The van der Waals surface area contributed by atoms with Crippen LogP contribution >= 0.6 is 0 Å². The van der Waals surface area contributed by atoms with E-state index in [2.05, 4.69) is 49.5 Å². The lowest BCUT2D eigenvalue weighted by molar-refractivity contribution is -0.119. The normalized spacial score (nSPS) is 22.8. The lowest BCUT2D eigenvalue weighted by Crippen LogP contribution is -2.50. The fourth-order valence-corrected chi connectivity index (χ4v) is 3.86. The van der Waals surface area contributed by atoms with Crippen molar-refractivity contribution in [1.29, 1.82) is 0 Å². The van der Waals surface area contributed by atoms with Gasteiger partial charge in [0.2, 0.25) is 5.91 Å². The van der Waals surface area contributed by atoms with E-state index in [1.807, 2.05) is 36.1 Å². The Morgan fingerprint density at radius 2 is 1.71 bits per heavy atom. The molecule has 1 aliphatic rings. The fourth-order valence-electron chi connectivity index (χ4n) is 3.86. The molecule has 0 bridgehead atoms. The maximum atomic E-state index is 12.6. The summed E-state index contributed by atoms with van der Waals surface area (Å²) in [5.41, 5.74) is 3.39. The van der Waals surface area contributed by atoms with Gasteiger partial charge in [-0.15, -0.1) is 0 Å². The molecule has 0 unspecified atom stereocenters. The quantitative estimate of drug-likeness (QED) is 0.858. The summed E-state index contributed by atoms with van der Waals surface area (Å²) in [5.74, 6) is 0.542. The molecule has 1 aliphatic heterocycles. The standard InChI is InChI=1S/C21H26N2O/c1-4-18-15(3)21(22-16-11-7-6-8-12-16)17-13-9-10-14-19(17)23(18)20(24)5-2/h6-15,18,21-22H,4-5H2,1-3H3/t15-,18+,21+/m0/s1. The smallest absolute Gasteiger partial charge is 0.226 e. The van der Waals surface area contributed by atoms with Crippen LogP contribution in [-0.4, -0.2) is 11.9 Å². The molecule has 1 amide bonds. The van der Waals surface area contributed by atoms with Gasteiger partial charge in [-0.2, -0.15) is 0 Å². The number of hydrogen-bond acceptors (Lipinski definition) is 2. The molecule has 0 aliphatic carbocycles. The Labute approximate surface area is 144 Å². The molecule has 0 saturated carbocycles. The Balaban J connectivity index is 2.05. The number of carbonyl (C=O) groups is 1. The summed E-state index contributed by atoms with van der Waals surface area (Å²) in [6.07, 6.45) is 1.49. The highest BCUT2D eigenvalue weighted by molar-refractivity contribution is 5.95. The highest BCUT2D eigenvalue weighted by Gasteiger charge is 2.39. The van der Waals surface area contributed by atoms with Crippen molar-refractivity contribution in [3.05, 3.63) is 60.2 Å². The molecular formula is C21H26N2O. The summed E-state index contributed by atoms with van der Waals surface area (Å²) < 4.78 is 0. The van der Waals surface area contributed by atoms with E-state index in [4.69, 9.17) is 0 Å². The number of carbonyl (C=O) groups excluding carboxylic acids is 1. The van der Waals surface area contributed by atoms with Crippen LogP contribution in [0.15, 0.2) is 54.6 Å². The van der Waals surface area contributed by atoms with E-state index >= 15 is 0 Å². The minimum Gasteiger partial charge on any atom is -0.378 e. The van der Waals surface area contributed by atoms with Gasteiger partial charge in [0, 0.05) is 29.8 Å². The monoisotopic (exact) mass is 322 g/mol. The van der Waals surface area contributed by atoms with E-state index in [0.29, 0.717) is 12.3 Å². The van der Waals surface area contributed by atoms with E-state index < -0.39 is 0 Å². The topological polar surface area (TPSA) is 32.3 Å². The number of nitrogens with zero attached hydrogens (tertiary/aromatic N) is 1. The van der Waals surface area contributed by atoms with Crippen LogP contribution in [0.1, 0.15) is 45.2 Å². The van der Waals surface area contributed by atoms with Crippen molar-refractivity contribution in [1.82, 2.24) is 0 Å². The summed E-state index contributed by atoms with van der Waals surface area (Å²) in [5, 5.41) is 3.69. The molecule has 3 heteroatoms. The number of para-hydroxylation sites is 2. The number of amides is 1. The third kappa shape index (κ3) is 2.91. The summed E-state index contributed by atoms with van der Waals surface area (Å²) in [4.78, 5) is 14.6. The highest BCUT2D eigenvalue weighted by atomic mass is 16.2. The van der Waals surface area contributed by atoms with Crippen LogP contribution in [-0.2, 0) is 4.79 Å². The van der Waals surface area contributed by atoms with Gasteiger partial charge in [0.15, 0.2) is 0 Å². The summed E-state index contributed by atoms with van der Waals surface area (Å²) >= 11 is 0. The minimum absolute atomic E-state index is 0.203. The third-order valence-corrected chi connectivity index (χ3v) is 5.08. The molecule has 3 atom stereocenters. The molecule has 1 N–H and O–H groups in total. The zero-order valence-corrected chi connectivity index (χ0v) is 14.7. The second kappa shape index (κ2) is 7.08. The first kappa shape index (κ1) is 16.6. The first-order chi connectivity index (χ1) is 11.7. The van der Waals surface area contributed by atoms with Gasteiger partial charge in [0.1, 0.15) is 0 Å². The van der Waals surface area contributed by atoms with Gasteiger partial charge in [-0.1, -0.05) is 57.2 Å². The number of nitrogens with one attached hydrogen (secondary N) is 1. The van der Waals surface area contributed by atoms with E-state index in [9.17, 15) is 4.79 Å². The largest absolute Gasteiger partial charge is 0.378 e. The lowest BCUT2D eigenvalue weighted by atomic mass is 9.80. The lowest BCUT2D eigenvalue weighted by Gasteiger charge is -2.45. The fraction of sp³-hybridized carbons (Fsp3) is 0.381. The van der Waals surface area contributed by atoms with Gasteiger partial charge in [0.25, 0.3) is 0 Å². The van der Waals surface area contributed by atoms with Gasteiger partial charge >= 0.3 is 0 Å². The Morgan fingerprint density at radius 3 is 2.38 bits per heavy atom. The number of rotatable bonds is 4. The predicted octanol–water partition coefficient (Wildman–Crippen LogP) is 5.01. The Morgan fingerprint density at radius 1 is 1.04 bits per heavy atom. The van der Waals surface area contributed by atoms with E-state index in [1.165, 1.54) is 5.56 Å². The molecule has 0 spiro atoms. The van der Waals surface area contributed by atoms with Crippen LogP contribution in [0.4, 0.5) is 11.4 Å². The average molecular weight is 322 g/mol. The first-order valence-electron chi connectivity index (χ1n) is 8.89. The van der Waals surface area contributed by atoms with Gasteiger partial charge in [-0.3, -0.25) is 4.79 Å². The van der Waals surface area contributed by atoms with Gasteiger partial charge in [0.05, 0.1) is 6.04 Å². The molecule has 126 valence electrons. The van der Waals surface area contributed by atoms with Gasteiger partial charge in [-0.05, 0) is 30.2 Å². The number of fused-ring (bicyclic) bond motifs is 1. The minimum atomic E-state index is 0.203. The third-order valence-electron chi connectivity index (χ3n) is 5.08. The van der Waals surface area contributed by atoms with E-state index in [1.54, 1.807) is 0 Å². The molecule has 0 radical (unpaired) electrons. The van der Waals surface area contributed by atoms with Crippen molar-refractivity contribution < 1.29 is 4.79 Å². The van der Waals surface area contributed by atoms with Crippen LogP contribution in [0.25, 0.3) is 0 Å². The number of hydrogen-bond donors (Lipinski definition) is 1. The number of anilines is 2. The zero-order chi connectivity index (χ0) is 17.1. The number of benzene rings is 2. The Hall–Kier alpha value is -2.29. The molecular weight excluding hydrogens is 296 g/mol. The average Bonchev–Trinajstić information content (AvgIpc) is 2.63. The van der Waals surface area contributed by atoms with Crippen LogP contribution < -0.4 is 10.2 Å². The molecule has 3 rings (SSSR count). The molecule has 0 saturated heterocycles. The van der Waals surface area contributed by atoms with E-state index in [0.717, 1.165) is 17.8 Å². The second-order valence-electron chi connectivity index (χ2n) is 6.50. The molecule has 0 aromatic heterocycles. The first-order valence-corrected chi connectivity index (χ1v) is 8.89. The predicted molar refractivity (Wildman–Crippen MR) is 100 cm³/mol. The summed E-state index contributed by atoms with van der Waals surface area (Å²) in [6, 6.07) is 19.1. The van der Waals surface area contributed by atoms with Crippen molar-refractivity contribution in [2.45, 2.75) is 45.7 Å². The maximum Gasteiger partial charge on any atom is 0.226 e. The zero-order valence-electron chi connectivity index (χ0n) is 14.7. The molecule has 2 aromatic carbocycles. The van der Waals surface area contributed by atoms with Gasteiger partial charge < -0.3 is 10.2 Å². The Kier molecular flexibility index (Phi) is 4.89. The van der Waals surface area contributed by atoms with Crippen LogP contribution in [0, 0.1) is 5.92 Å². The van der Waals surface area contributed by atoms with Crippen LogP contribution in [0.5, 0.6) is 0 Å². The maximum absolute atomic E-state index is 12.6. The van der Waals surface area contributed by atoms with Crippen molar-refractivity contribution in [2.75, 3.05) is 10.2 Å². The van der Waals surface area contributed by atoms with Crippen molar-refractivity contribution in [3.8, 4) is 0 Å². The molecule has 1 heterocycles. The van der Waals surface area contributed by atoms with Crippen molar-refractivity contribution in [2.24, 2.45) is 5.92 Å². The van der Waals surface area contributed by atoms with Crippen LogP contribution in [0.2, 0.25) is 0 Å². The van der Waals surface area contributed by atoms with Gasteiger partial charge in [-0.25, -0.2) is 0 Å². The van der Waals surface area contributed by atoms with Crippen LogP contribution in [0.3, 0.4) is 0 Å². The molecule has 3 nitrogen and oxygen atoms in total. The highest BCUT2D eigenvalue weighted by Crippen LogP contribution is 2.43. The second-order valence-corrected chi connectivity index (χ2v) is 6.50.